The monoisotopic (exact) mass is 357 g/mol. The molecular formula is C15H17BrFNOS. The number of aliphatic hydroxyl groups is 1. The number of benzene rings is 1. The van der Waals surface area contributed by atoms with Crippen LogP contribution in [-0.2, 0) is 6.54 Å². The van der Waals surface area contributed by atoms with Crippen LogP contribution in [0.15, 0.2) is 28.1 Å². The van der Waals surface area contributed by atoms with E-state index in [4.69, 9.17) is 0 Å². The number of hydrogen-bond donors (Lipinski definition) is 1. The summed E-state index contributed by atoms with van der Waals surface area (Å²) in [6.45, 7) is 4.12. The zero-order chi connectivity index (χ0) is 14.9. The smallest absolute Gasteiger partial charge is 0.126 e. The number of halogens is 2. The number of rotatable bonds is 4. The minimum Gasteiger partial charge on any atom is -0.389 e. The molecule has 0 bridgehead atoms. The fourth-order valence-corrected chi connectivity index (χ4v) is 3.61. The second kappa shape index (κ2) is 6.24. The molecule has 1 heterocycles. The van der Waals surface area contributed by atoms with Gasteiger partial charge in [-0.15, -0.1) is 11.3 Å². The van der Waals surface area contributed by atoms with Crippen molar-refractivity contribution in [3.8, 4) is 0 Å². The van der Waals surface area contributed by atoms with Crippen molar-refractivity contribution in [1.82, 2.24) is 0 Å². The van der Waals surface area contributed by atoms with Gasteiger partial charge in [-0.05, 0) is 53.5 Å². The van der Waals surface area contributed by atoms with Crippen molar-refractivity contribution in [3.63, 3.8) is 0 Å². The van der Waals surface area contributed by atoms with Gasteiger partial charge >= 0.3 is 0 Å². The van der Waals surface area contributed by atoms with Crippen molar-refractivity contribution in [1.29, 1.82) is 0 Å². The Morgan fingerprint density at radius 1 is 1.40 bits per heavy atom. The lowest BCUT2D eigenvalue weighted by Crippen LogP contribution is -2.18. The van der Waals surface area contributed by atoms with Crippen molar-refractivity contribution in [2.24, 2.45) is 0 Å². The van der Waals surface area contributed by atoms with Gasteiger partial charge in [-0.1, -0.05) is 0 Å². The van der Waals surface area contributed by atoms with Gasteiger partial charge in [0.05, 0.1) is 12.6 Å². The predicted octanol–water partition coefficient (Wildman–Crippen LogP) is 4.65. The van der Waals surface area contributed by atoms with Crippen LogP contribution in [0.2, 0.25) is 0 Å². The van der Waals surface area contributed by atoms with Gasteiger partial charge in [0, 0.05) is 33.0 Å². The summed E-state index contributed by atoms with van der Waals surface area (Å²) >= 11 is 5.11. The summed E-state index contributed by atoms with van der Waals surface area (Å²) in [6.07, 6.45) is -0.697. The molecule has 0 unspecified atom stereocenters. The van der Waals surface area contributed by atoms with Crippen molar-refractivity contribution in [3.05, 3.63) is 49.9 Å². The maximum absolute atomic E-state index is 13.7. The van der Waals surface area contributed by atoms with E-state index in [2.05, 4.69) is 22.0 Å². The van der Waals surface area contributed by atoms with E-state index in [0.717, 1.165) is 16.7 Å². The van der Waals surface area contributed by atoms with E-state index in [1.165, 1.54) is 10.9 Å². The van der Waals surface area contributed by atoms with Gasteiger partial charge in [-0.2, -0.15) is 0 Å². The Labute approximate surface area is 131 Å². The topological polar surface area (TPSA) is 23.5 Å². The summed E-state index contributed by atoms with van der Waals surface area (Å²) in [5, 5.41) is 11.9. The molecule has 1 atom stereocenters. The third kappa shape index (κ3) is 3.40. The van der Waals surface area contributed by atoms with E-state index in [0.29, 0.717) is 11.1 Å². The number of aliphatic hydroxyl groups excluding tert-OH is 1. The molecule has 0 radical (unpaired) electrons. The molecule has 1 aromatic carbocycles. The number of nitrogens with zero attached hydrogens (tertiary/aromatic N) is 1. The Balaban J connectivity index is 2.33. The highest BCUT2D eigenvalue weighted by Gasteiger charge is 2.15. The molecule has 1 aromatic heterocycles. The number of anilines is 1. The lowest BCUT2D eigenvalue weighted by Gasteiger charge is -2.24. The van der Waals surface area contributed by atoms with Crippen LogP contribution in [0.1, 0.15) is 29.0 Å². The van der Waals surface area contributed by atoms with E-state index in [9.17, 15) is 9.50 Å². The average Bonchev–Trinajstić information content (AvgIpc) is 2.77. The van der Waals surface area contributed by atoms with Crippen LogP contribution in [-0.4, -0.2) is 12.2 Å². The minimum absolute atomic E-state index is 0.281. The molecule has 5 heteroatoms. The van der Waals surface area contributed by atoms with Crippen LogP contribution < -0.4 is 4.90 Å². The first-order valence-corrected chi connectivity index (χ1v) is 7.98. The fraction of sp³-hybridized carbons (Fsp3) is 0.333. The van der Waals surface area contributed by atoms with Crippen molar-refractivity contribution in [2.45, 2.75) is 26.5 Å². The Bertz CT molecular complexity index is 612. The molecule has 108 valence electrons. The first kappa shape index (κ1) is 15.5. The molecule has 20 heavy (non-hydrogen) atoms. The summed E-state index contributed by atoms with van der Waals surface area (Å²) in [5.41, 5.74) is 2.07. The predicted molar refractivity (Wildman–Crippen MR) is 85.9 cm³/mol. The van der Waals surface area contributed by atoms with Gasteiger partial charge in [0.15, 0.2) is 0 Å². The van der Waals surface area contributed by atoms with Gasteiger partial charge in [0.25, 0.3) is 0 Å². The molecule has 0 aliphatic heterocycles. The Morgan fingerprint density at radius 2 is 2.10 bits per heavy atom. The molecule has 0 aliphatic rings. The van der Waals surface area contributed by atoms with E-state index >= 15 is 0 Å². The third-order valence-corrected chi connectivity index (χ3v) is 4.87. The van der Waals surface area contributed by atoms with E-state index < -0.39 is 6.10 Å². The molecule has 0 fully saturated rings. The summed E-state index contributed by atoms with van der Waals surface area (Å²) in [6, 6.07) is 5.29. The molecule has 2 rings (SSSR count). The Kier molecular flexibility index (Phi) is 4.83. The fourth-order valence-electron chi connectivity index (χ4n) is 2.10. The zero-order valence-corrected chi connectivity index (χ0v) is 14.1. The lowest BCUT2D eigenvalue weighted by molar-refractivity contribution is 0.199. The SMILES string of the molecule is Cc1cc(N(C)Cc2cc(Br)cs2)c([C@@H](C)O)cc1F. The largest absolute Gasteiger partial charge is 0.389 e. The van der Waals surface area contributed by atoms with Crippen LogP contribution >= 0.6 is 27.3 Å². The number of hydrogen-bond acceptors (Lipinski definition) is 3. The summed E-state index contributed by atoms with van der Waals surface area (Å²) in [5.74, 6) is -0.281. The molecule has 0 saturated carbocycles. The lowest BCUT2D eigenvalue weighted by atomic mass is 10.0. The average molecular weight is 358 g/mol. The number of aryl methyl sites for hydroxylation is 1. The highest BCUT2D eigenvalue weighted by molar-refractivity contribution is 9.10. The van der Waals surface area contributed by atoms with E-state index in [-0.39, 0.29) is 5.82 Å². The quantitative estimate of drug-likeness (QED) is 0.860. The molecule has 1 N–H and O–H groups in total. The normalized spacial score (nSPS) is 12.5. The molecule has 2 aromatic rings. The van der Waals surface area contributed by atoms with Crippen molar-refractivity contribution < 1.29 is 9.50 Å². The van der Waals surface area contributed by atoms with E-state index in [1.54, 1.807) is 31.3 Å². The molecular weight excluding hydrogens is 341 g/mol. The van der Waals surface area contributed by atoms with Crippen LogP contribution in [0.4, 0.5) is 10.1 Å². The summed E-state index contributed by atoms with van der Waals surface area (Å²) in [7, 11) is 1.95. The van der Waals surface area contributed by atoms with Crippen LogP contribution in [0, 0.1) is 12.7 Å². The Hall–Kier alpha value is -0.910. The zero-order valence-electron chi connectivity index (χ0n) is 11.7. The van der Waals surface area contributed by atoms with Crippen LogP contribution in [0.25, 0.3) is 0 Å². The standard InChI is InChI=1S/C15H17BrFNOS/c1-9-4-15(13(10(2)19)6-14(9)17)18(3)7-12-5-11(16)8-20-12/h4-6,8,10,19H,7H2,1-3H3/t10-/m1/s1. The third-order valence-electron chi connectivity index (χ3n) is 3.18. The molecule has 0 amide bonds. The van der Waals surface area contributed by atoms with Gasteiger partial charge < -0.3 is 10.0 Å². The highest BCUT2D eigenvalue weighted by atomic mass is 79.9. The van der Waals surface area contributed by atoms with Crippen molar-refractivity contribution in [2.75, 3.05) is 11.9 Å². The van der Waals surface area contributed by atoms with Gasteiger partial charge in [0.1, 0.15) is 5.82 Å². The minimum atomic E-state index is -0.697. The van der Waals surface area contributed by atoms with Crippen molar-refractivity contribution >= 4 is 33.0 Å². The second-order valence-corrected chi connectivity index (χ2v) is 6.83. The number of thiophene rings is 1. The van der Waals surface area contributed by atoms with Gasteiger partial charge in [-0.25, -0.2) is 4.39 Å². The highest BCUT2D eigenvalue weighted by Crippen LogP contribution is 2.30. The molecule has 0 saturated heterocycles. The van der Waals surface area contributed by atoms with Gasteiger partial charge in [0.2, 0.25) is 0 Å². The van der Waals surface area contributed by atoms with E-state index in [1.807, 2.05) is 17.3 Å². The summed E-state index contributed by atoms with van der Waals surface area (Å²) < 4.78 is 14.7. The first-order chi connectivity index (χ1) is 9.38. The Morgan fingerprint density at radius 3 is 2.65 bits per heavy atom. The first-order valence-electron chi connectivity index (χ1n) is 6.30. The molecule has 0 spiro atoms. The van der Waals surface area contributed by atoms with Gasteiger partial charge in [-0.3, -0.25) is 0 Å². The van der Waals surface area contributed by atoms with Crippen LogP contribution in [0.3, 0.4) is 0 Å². The molecule has 0 aliphatic carbocycles. The molecule has 2 nitrogen and oxygen atoms in total. The summed E-state index contributed by atoms with van der Waals surface area (Å²) in [4.78, 5) is 3.24. The van der Waals surface area contributed by atoms with Crippen LogP contribution in [0.5, 0.6) is 0 Å². The maximum Gasteiger partial charge on any atom is 0.126 e. The maximum atomic E-state index is 13.7. The second-order valence-electron chi connectivity index (χ2n) is 4.92.